The zero-order valence-electron chi connectivity index (χ0n) is 21.6. The van der Waals surface area contributed by atoms with Gasteiger partial charge in [-0.25, -0.2) is 4.79 Å². The number of hydrogen-bond donors (Lipinski definition) is 3. The van der Waals surface area contributed by atoms with Crippen molar-refractivity contribution in [3.05, 3.63) is 86.5 Å². The third-order valence-corrected chi connectivity index (χ3v) is 7.63. The molecule has 9 nitrogen and oxygen atoms in total. The summed E-state index contributed by atoms with van der Waals surface area (Å²) in [6, 6.07) is 15.3. The SMILES string of the molecule is C[C@](N)(C(N)=O)C(=O)O.C[N+]1(Cc2cc3c(cc2Cl)OCO3)C=Cc2cc(OCc3c(Cl)cccc3Cl)ccc21. The molecule has 2 aliphatic rings. The predicted molar refractivity (Wildman–Crippen MR) is 155 cm³/mol. The standard InChI is InChI=1S/C24H19Cl3NO3.C4H8N2O3/c1-28(12-16-10-23-24(11-21(16)27)31-14-30-23)8-7-15-9-17(5-6-22(15)28)29-13-18-19(25)3-2-4-20(18)26;1-4(6,2(5)7)3(8)9/h2-11H,12-14H2,1H3;6H2,1H3,(H2,5,7)(H,8,9)/q+1;/t;4-/m.0/s1. The Bertz CT molecular complexity index is 1470. The highest BCUT2D eigenvalue weighted by Crippen LogP contribution is 2.42. The summed E-state index contributed by atoms with van der Waals surface area (Å²) in [6.45, 7) is 2.26. The molecule has 1 amide bonds. The number of hydrogen-bond acceptors (Lipinski definition) is 6. The van der Waals surface area contributed by atoms with E-state index in [0.717, 1.165) is 40.8 Å². The zero-order chi connectivity index (χ0) is 29.2. The molecular formula is C28H27Cl3N3O6+. The lowest BCUT2D eigenvalue weighted by Crippen LogP contribution is -2.55. The van der Waals surface area contributed by atoms with E-state index in [9.17, 15) is 9.59 Å². The highest BCUT2D eigenvalue weighted by molar-refractivity contribution is 6.36. The van der Waals surface area contributed by atoms with Gasteiger partial charge in [0.25, 0.3) is 0 Å². The molecule has 12 heteroatoms. The van der Waals surface area contributed by atoms with Crippen molar-refractivity contribution in [3.8, 4) is 17.2 Å². The average molecular weight is 608 g/mol. The van der Waals surface area contributed by atoms with Crippen molar-refractivity contribution in [1.82, 2.24) is 4.48 Å². The summed E-state index contributed by atoms with van der Waals surface area (Å²) >= 11 is 19.0. The molecule has 210 valence electrons. The lowest BCUT2D eigenvalue weighted by atomic mass is 10.1. The van der Waals surface area contributed by atoms with E-state index in [1.165, 1.54) is 0 Å². The number of nitrogens with two attached hydrogens (primary N) is 2. The van der Waals surface area contributed by atoms with Gasteiger partial charge in [-0.1, -0.05) is 40.9 Å². The van der Waals surface area contributed by atoms with E-state index in [0.29, 0.717) is 38.5 Å². The Morgan fingerprint density at radius 3 is 2.30 bits per heavy atom. The zero-order valence-corrected chi connectivity index (χ0v) is 23.9. The molecule has 0 saturated carbocycles. The number of carbonyl (C=O) groups is 2. The number of primary amides is 1. The summed E-state index contributed by atoms with van der Waals surface area (Å²) in [5.74, 6) is -0.287. The monoisotopic (exact) mass is 606 g/mol. The fourth-order valence-corrected chi connectivity index (χ4v) is 4.77. The molecule has 0 saturated heterocycles. The summed E-state index contributed by atoms with van der Waals surface area (Å²) in [5.41, 5.74) is 11.7. The second kappa shape index (κ2) is 11.6. The summed E-state index contributed by atoms with van der Waals surface area (Å²) < 4.78 is 17.5. The fourth-order valence-electron chi connectivity index (χ4n) is 4.05. The highest BCUT2D eigenvalue weighted by atomic mass is 35.5. The van der Waals surface area contributed by atoms with Gasteiger partial charge in [0.15, 0.2) is 17.0 Å². The number of quaternary nitrogens is 1. The normalized spacial score (nSPS) is 17.9. The Balaban J connectivity index is 0.000000357. The summed E-state index contributed by atoms with van der Waals surface area (Å²) in [4.78, 5) is 20.2. The van der Waals surface area contributed by atoms with E-state index in [1.807, 2.05) is 42.5 Å². The molecule has 5 N–H and O–H groups in total. The van der Waals surface area contributed by atoms with E-state index in [-0.39, 0.29) is 6.79 Å². The summed E-state index contributed by atoms with van der Waals surface area (Å²) in [5, 5.41) is 10.0. The van der Waals surface area contributed by atoms with Crippen LogP contribution in [-0.4, -0.2) is 36.4 Å². The van der Waals surface area contributed by atoms with Crippen molar-refractivity contribution >= 4 is 58.4 Å². The van der Waals surface area contributed by atoms with Crippen LogP contribution < -0.4 is 30.2 Å². The quantitative estimate of drug-likeness (QED) is 0.243. The van der Waals surface area contributed by atoms with E-state index in [1.54, 1.807) is 0 Å². The first-order valence-corrected chi connectivity index (χ1v) is 13.1. The number of benzene rings is 3. The number of nitrogens with zero attached hydrogens (tertiary/aromatic N) is 1. The molecule has 0 aromatic heterocycles. The first-order chi connectivity index (χ1) is 18.8. The Labute approximate surface area is 246 Å². The molecule has 5 rings (SSSR count). The molecule has 0 aliphatic carbocycles. The number of fused-ring (bicyclic) bond motifs is 2. The predicted octanol–water partition coefficient (Wildman–Crippen LogP) is 5.35. The van der Waals surface area contributed by atoms with Crippen molar-refractivity contribution < 1.29 is 28.9 Å². The minimum Gasteiger partial charge on any atom is -0.489 e. The van der Waals surface area contributed by atoms with Crippen molar-refractivity contribution in [2.24, 2.45) is 11.5 Å². The number of carbonyl (C=O) groups excluding carboxylic acids is 1. The molecular weight excluding hydrogens is 581 g/mol. The molecule has 2 aliphatic heterocycles. The molecule has 2 heterocycles. The molecule has 1 unspecified atom stereocenters. The van der Waals surface area contributed by atoms with E-state index in [4.69, 9.17) is 59.9 Å². The van der Waals surface area contributed by atoms with Crippen LogP contribution in [-0.2, 0) is 22.7 Å². The maximum atomic E-state index is 10.2. The highest BCUT2D eigenvalue weighted by Gasteiger charge is 2.34. The van der Waals surface area contributed by atoms with E-state index >= 15 is 0 Å². The van der Waals surface area contributed by atoms with Crippen LogP contribution in [0, 0.1) is 0 Å². The van der Waals surface area contributed by atoms with Crippen molar-refractivity contribution in [1.29, 1.82) is 0 Å². The molecule has 3 aromatic carbocycles. The molecule has 40 heavy (non-hydrogen) atoms. The van der Waals surface area contributed by atoms with E-state index in [2.05, 4.69) is 31.1 Å². The third-order valence-electron chi connectivity index (χ3n) is 6.57. The average Bonchev–Trinajstić information content (AvgIpc) is 3.47. The van der Waals surface area contributed by atoms with Crippen molar-refractivity contribution in [2.75, 3.05) is 13.8 Å². The first kappa shape index (κ1) is 29.5. The minimum atomic E-state index is -1.94. The lowest BCUT2D eigenvalue weighted by Gasteiger charge is -2.28. The van der Waals surface area contributed by atoms with Gasteiger partial charge < -0.3 is 30.8 Å². The molecule has 0 fully saturated rings. The smallest absolute Gasteiger partial charge is 0.333 e. The largest absolute Gasteiger partial charge is 0.489 e. The molecule has 2 atom stereocenters. The fraction of sp³-hybridized carbons (Fsp3) is 0.214. The van der Waals surface area contributed by atoms with Gasteiger partial charge in [-0.3, -0.25) is 9.28 Å². The summed E-state index contributed by atoms with van der Waals surface area (Å²) in [7, 11) is 2.15. The number of ether oxygens (including phenoxy) is 3. The third kappa shape index (κ3) is 6.14. The van der Waals surface area contributed by atoms with Crippen molar-refractivity contribution in [3.63, 3.8) is 0 Å². The molecule has 0 spiro atoms. The van der Waals surface area contributed by atoms with Crippen LogP contribution in [0.3, 0.4) is 0 Å². The summed E-state index contributed by atoms with van der Waals surface area (Å²) in [6.07, 6.45) is 4.26. The maximum absolute atomic E-state index is 10.2. The van der Waals surface area contributed by atoms with Gasteiger partial charge >= 0.3 is 5.97 Å². The minimum absolute atomic E-state index is 0.228. The van der Waals surface area contributed by atoms with Gasteiger partial charge in [-0.15, -0.1) is 0 Å². The van der Waals surface area contributed by atoms with Crippen LogP contribution in [0.1, 0.15) is 23.6 Å². The Hall–Kier alpha value is -3.47. The van der Waals surface area contributed by atoms with E-state index < -0.39 is 17.4 Å². The molecule has 0 radical (unpaired) electrons. The number of carboxylic acid groups (broad SMARTS) is 1. The van der Waals surface area contributed by atoms with Crippen molar-refractivity contribution in [2.45, 2.75) is 25.6 Å². The van der Waals surface area contributed by atoms with Gasteiger partial charge in [0.2, 0.25) is 12.7 Å². The topological polar surface area (TPSA) is 134 Å². The second-order valence-corrected chi connectivity index (χ2v) is 10.8. The van der Waals surface area contributed by atoms with Gasteiger partial charge in [0.05, 0.1) is 12.1 Å². The van der Waals surface area contributed by atoms with Crippen LogP contribution in [0.15, 0.2) is 54.7 Å². The van der Waals surface area contributed by atoms with Gasteiger partial charge in [0, 0.05) is 44.9 Å². The number of aliphatic carboxylic acids is 1. The molecule has 3 aromatic rings. The Kier molecular flexibility index (Phi) is 8.53. The number of carboxylic acids is 1. The van der Waals surface area contributed by atoms with Crippen LogP contribution in [0.25, 0.3) is 6.08 Å². The number of amides is 1. The lowest BCUT2D eigenvalue weighted by molar-refractivity contribution is -0.147. The van der Waals surface area contributed by atoms with Crippen LogP contribution >= 0.6 is 34.8 Å². The Morgan fingerprint density at radius 2 is 1.70 bits per heavy atom. The first-order valence-electron chi connectivity index (χ1n) is 12.0. The number of rotatable bonds is 7. The second-order valence-electron chi connectivity index (χ2n) is 9.62. The van der Waals surface area contributed by atoms with Gasteiger partial charge in [0.1, 0.15) is 30.8 Å². The Morgan fingerprint density at radius 1 is 1.05 bits per heavy atom. The van der Waals surface area contributed by atoms with Gasteiger partial charge in [-0.05, 0) is 37.3 Å². The van der Waals surface area contributed by atoms with Crippen LogP contribution in [0.2, 0.25) is 15.1 Å². The van der Waals surface area contributed by atoms with Crippen LogP contribution in [0.5, 0.6) is 17.2 Å². The number of halogens is 3. The van der Waals surface area contributed by atoms with Crippen LogP contribution in [0.4, 0.5) is 5.69 Å². The van der Waals surface area contributed by atoms with Gasteiger partial charge in [-0.2, -0.15) is 0 Å². The maximum Gasteiger partial charge on any atom is 0.333 e. The molecule has 0 bridgehead atoms.